The maximum Gasteiger partial charge on any atom is 0.325 e. The van der Waals surface area contributed by atoms with E-state index in [9.17, 15) is 9.59 Å². The minimum Gasteiger partial charge on any atom is -0.494 e. The van der Waals surface area contributed by atoms with Gasteiger partial charge in [0.05, 0.1) is 18.3 Å². The van der Waals surface area contributed by atoms with Crippen molar-refractivity contribution in [2.24, 2.45) is 0 Å². The highest BCUT2D eigenvalue weighted by molar-refractivity contribution is 6.05. The lowest BCUT2D eigenvalue weighted by Gasteiger charge is -2.50. The number of para-hydroxylation sites is 1. The van der Waals surface area contributed by atoms with Crippen LogP contribution in [0.4, 0.5) is 16.2 Å². The van der Waals surface area contributed by atoms with Crippen LogP contribution in [0.2, 0.25) is 0 Å². The Labute approximate surface area is 192 Å². The minimum absolute atomic E-state index is 0.116. The predicted molar refractivity (Wildman–Crippen MR) is 126 cm³/mol. The van der Waals surface area contributed by atoms with Crippen molar-refractivity contribution in [1.29, 1.82) is 0 Å². The van der Waals surface area contributed by atoms with Crippen molar-refractivity contribution in [3.05, 3.63) is 83.9 Å². The van der Waals surface area contributed by atoms with Gasteiger partial charge in [0.15, 0.2) is 5.72 Å². The Morgan fingerprint density at radius 3 is 2.73 bits per heavy atom. The van der Waals surface area contributed by atoms with Crippen molar-refractivity contribution in [2.75, 3.05) is 16.8 Å². The molecule has 168 valence electrons. The monoisotopic (exact) mass is 443 g/mol. The minimum atomic E-state index is -0.869. The molecule has 2 bridgehead atoms. The fraction of sp³-hybridized carbons (Fsp3) is 0.231. The zero-order valence-electron chi connectivity index (χ0n) is 18.5. The number of urea groups is 1. The standard InChI is InChI=1S/C26H25N3O4/c1-3-32-20-13-11-18(12-14-20)27-24(30)17-7-6-8-19(15-17)29-25(31)28-22-16-26(29,2)33-23-10-5-4-9-21(22)23/h4-15,22H,3,16H2,1-2H3,(H,27,30)(H,28,31). The van der Waals surface area contributed by atoms with Crippen LogP contribution >= 0.6 is 0 Å². The Kier molecular flexibility index (Phi) is 5.17. The van der Waals surface area contributed by atoms with E-state index in [-0.39, 0.29) is 18.0 Å². The zero-order chi connectivity index (χ0) is 23.0. The molecule has 0 aliphatic carbocycles. The van der Waals surface area contributed by atoms with E-state index in [0.29, 0.717) is 30.0 Å². The third kappa shape index (κ3) is 3.86. The fourth-order valence-corrected chi connectivity index (χ4v) is 4.50. The summed E-state index contributed by atoms with van der Waals surface area (Å²) >= 11 is 0. The summed E-state index contributed by atoms with van der Waals surface area (Å²) in [5.41, 5.74) is 1.80. The number of ether oxygens (including phenoxy) is 2. The molecule has 7 nitrogen and oxygen atoms in total. The largest absolute Gasteiger partial charge is 0.494 e. The lowest BCUT2D eigenvalue weighted by Crippen LogP contribution is -2.65. The number of hydrogen-bond donors (Lipinski definition) is 2. The van der Waals surface area contributed by atoms with Crippen LogP contribution in [0.15, 0.2) is 72.8 Å². The van der Waals surface area contributed by atoms with Gasteiger partial charge >= 0.3 is 6.03 Å². The number of carbonyl (C=O) groups excluding carboxylic acids is 2. The Morgan fingerprint density at radius 1 is 1.15 bits per heavy atom. The first kappa shape index (κ1) is 20.9. The van der Waals surface area contributed by atoms with Crippen molar-refractivity contribution in [2.45, 2.75) is 32.0 Å². The second-order valence-electron chi connectivity index (χ2n) is 8.32. The van der Waals surface area contributed by atoms with Gasteiger partial charge in [0.25, 0.3) is 5.91 Å². The zero-order valence-corrected chi connectivity index (χ0v) is 18.5. The first-order chi connectivity index (χ1) is 16.0. The molecular formula is C26H25N3O4. The maximum atomic E-state index is 13.1. The van der Waals surface area contributed by atoms with Crippen LogP contribution in [0, 0.1) is 0 Å². The highest BCUT2D eigenvalue weighted by atomic mass is 16.5. The van der Waals surface area contributed by atoms with Crippen LogP contribution in [0.3, 0.4) is 0 Å². The van der Waals surface area contributed by atoms with Gasteiger partial charge in [0.2, 0.25) is 0 Å². The summed E-state index contributed by atoms with van der Waals surface area (Å²) in [6.45, 7) is 4.40. The average molecular weight is 444 g/mol. The molecule has 3 aromatic carbocycles. The molecule has 2 N–H and O–H groups in total. The third-order valence-electron chi connectivity index (χ3n) is 5.97. The first-order valence-electron chi connectivity index (χ1n) is 11.0. The van der Waals surface area contributed by atoms with Gasteiger partial charge in [-0.3, -0.25) is 9.69 Å². The fourth-order valence-electron chi connectivity index (χ4n) is 4.50. The molecule has 2 heterocycles. The smallest absolute Gasteiger partial charge is 0.325 e. The summed E-state index contributed by atoms with van der Waals surface area (Å²) in [4.78, 5) is 27.6. The molecule has 2 aliphatic rings. The highest BCUT2D eigenvalue weighted by Crippen LogP contribution is 2.45. The highest BCUT2D eigenvalue weighted by Gasteiger charge is 2.49. The number of fused-ring (bicyclic) bond motifs is 4. The van der Waals surface area contributed by atoms with E-state index >= 15 is 0 Å². The maximum absolute atomic E-state index is 13.1. The molecule has 0 aromatic heterocycles. The molecule has 3 amide bonds. The topological polar surface area (TPSA) is 79.9 Å². The Balaban J connectivity index is 1.39. The van der Waals surface area contributed by atoms with Crippen molar-refractivity contribution in [3.8, 4) is 11.5 Å². The third-order valence-corrected chi connectivity index (χ3v) is 5.97. The van der Waals surface area contributed by atoms with E-state index in [1.165, 1.54) is 0 Å². The van der Waals surface area contributed by atoms with E-state index < -0.39 is 5.72 Å². The summed E-state index contributed by atoms with van der Waals surface area (Å²) in [7, 11) is 0. The molecule has 0 radical (unpaired) electrons. The summed E-state index contributed by atoms with van der Waals surface area (Å²) in [6.07, 6.45) is 0.596. The van der Waals surface area contributed by atoms with Gasteiger partial charge in [-0.2, -0.15) is 0 Å². The second-order valence-corrected chi connectivity index (χ2v) is 8.32. The average Bonchev–Trinajstić information content (AvgIpc) is 2.80. The number of nitrogens with zero attached hydrogens (tertiary/aromatic N) is 1. The molecule has 2 atom stereocenters. The molecule has 5 rings (SSSR count). The molecule has 1 fully saturated rings. The second kappa shape index (κ2) is 8.16. The summed E-state index contributed by atoms with van der Waals surface area (Å²) in [5, 5.41) is 5.97. The lowest BCUT2D eigenvalue weighted by atomic mass is 9.90. The first-order valence-corrected chi connectivity index (χ1v) is 11.0. The molecule has 7 heteroatoms. The Morgan fingerprint density at radius 2 is 1.94 bits per heavy atom. The number of nitrogens with one attached hydrogen (secondary N) is 2. The number of amides is 3. The van der Waals surface area contributed by atoms with Crippen molar-refractivity contribution >= 4 is 23.3 Å². The molecular weight excluding hydrogens is 418 g/mol. The molecule has 0 saturated carbocycles. The van der Waals surface area contributed by atoms with Gasteiger partial charge in [-0.1, -0.05) is 24.3 Å². The Bertz CT molecular complexity index is 1210. The van der Waals surface area contributed by atoms with E-state index in [1.807, 2.05) is 56.3 Å². The molecule has 33 heavy (non-hydrogen) atoms. The van der Waals surface area contributed by atoms with Crippen LogP contribution < -0.4 is 25.0 Å². The normalized spacial score (nSPS) is 20.8. The van der Waals surface area contributed by atoms with Crippen LogP contribution in [0.5, 0.6) is 11.5 Å². The van der Waals surface area contributed by atoms with Crippen LogP contribution in [0.1, 0.15) is 42.2 Å². The van der Waals surface area contributed by atoms with Gasteiger partial charge in [-0.05, 0) is 62.4 Å². The lowest BCUT2D eigenvalue weighted by molar-refractivity contribution is 0.0378. The number of anilines is 2. The number of carbonyl (C=O) groups is 2. The predicted octanol–water partition coefficient (Wildman–Crippen LogP) is 5.11. The molecule has 2 unspecified atom stereocenters. The van der Waals surface area contributed by atoms with E-state index in [0.717, 1.165) is 17.1 Å². The van der Waals surface area contributed by atoms with Crippen LogP contribution in [-0.4, -0.2) is 24.3 Å². The Hall–Kier alpha value is -4.00. The van der Waals surface area contributed by atoms with Gasteiger partial charge < -0.3 is 20.1 Å². The van der Waals surface area contributed by atoms with Gasteiger partial charge in [0.1, 0.15) is 11.5 Å². The number of rotatable bonds is 5. The summed E-state index contributed by atoms with van der Waals surface area (Å²) in [6, 6.07) is 21.6. The number of benzene rings is 3. The van der Waals surface area contributed by atoms with E-state index in [2.05, 4.69) is 10.6 Å². The van der Waals surface area contributed by atoms with Crippen LogP contribution in [0.25, 0.3) is 0 Å². The molecule has 3 aromatic rings. The summed E-state index contributed by atoms with van der Waals surface area (Å²) < 4.78 is 11.7. The van der Waals surface area contributed by atoms with Crippen molar-refractivity contribution in [1.82, 2.24) is 5.32 Å². The van der Waals surface area contributed by atoms with Crippen molar-refractivity contribution < 1.29 is 19.1 Å². The van der Waals surface area contributed by atoms with Crippen LogP contribution in [-0.2, 0) is 0 Å². The van der Waals surface area contributed by atoms with Gasteiger partial charge in [0, 0.05) is 23.2 Å². The quantitative estimate of drug-likeness (QED) is 0.575. The SMILES string of the molecule is CCOc1ccc(NC(=O)c2cccc(N3C(=O)NC4CC3(C)Oc3ccccc34)c2)cc1. The number of hydrogen-bond acceptors (Lipinski definition) is 4. The molecule has 2 aliphatic heterocycles. The van der Waals surface area contributed by atoms with E-state index in [1.54, 1.807) is 35.2 Å². The molecule has 1 saturated heterocycles. The molecule has 0 spiro atoms. The van der Waals surface area contributed by atoms with E-state index in [4.69, 9.17) is 9.47 Å². The van der Waals surface area contributed by atoms with Gasteiger partial charge in [-0.25, -0.2) is 4.79 Å². The van der Waals surface area contributed by atoms with Crippen molar-refractivity contribution in [3.63, 3.8) is 0 Å². The van der Waals surface area contributed by atoms with Gasteiger partial charge in [-0.15, -0.1) is 0 Å². The summed E-state index contributed by atoms with van der Waals surface area (Å²) in [5.74, 6) is 1.23.